The van der Waals surface area contributed by atoms with Crippen molar-refractivity contribution < 1.29 is 24.2 Å². The molecule has 0 bridgehead atoms. The van der Waals surface area contributed by atoms with Gasteiger partial charge in [0, 0.05) is 23.6 Å². The summed E-state index contributed by atoms with van der Waals surface area (Å²) in [7, 11) is 1.55. The summed E-state index contributed by atoms with van der Waals surface area (Å²) in [5.74, 6) is -0.0400. The fourth-order valence-corrected chi connectivity index (χ4v) is 4.40. The van der Waals surface area contributed by atoms with Crippen molar-refractivity contribution in [2.75, 3.05) is 13.7 Å². The third kappa shape index (κ3) is 6.00. The molecule has 162 valence electrons. The van der Waals surface area contributed by atoms with Gasteiger partial charge in [-0.2, -0.15) is 0 Å². The van der Waals surface area contributed by atoms with Crippen molar-refractivity contribution in [3.8, 4) is 11.5 Å². The third-order valence-electron chi connectivity index (χ3n) is 4.47. The molecule has 1 aliphatic heterocycles. The number of thioether (sulfide) groups is 1. The number of ether oxygens (including phenoxy) is 2. The van der Waals surface area contributed by atoms with E-state index in [1.54, 1.807) is 31.4 Å². The van der Waals surface area contributed by atoms with Gasteiger partial charge in [-0.15, -0.1) is 0 Å². The summed E-state index contributed by atoms with van der Waals surface area (Å²) in [5, 5.41) is 9.40. The average molecular weight is 478 g/mol. The molecule has 31 heavy (non-hydrogen) atoms. The third-order valence-corrected chi connectivity index (χ3v) is 6.22. The molecule has 6 nitrogen and oxygen atoms in total. The number of halogens is 1. The summed E-state index contributed by atoms with van der Waals surface area (Å²) in [6.45, 7) is 0.580. The van der Waals surface area contributed by atoms with Gasteiger partial charge in [0.2, 0.25) is 0 Å². The minimum atomic E-state index is -0.898. The van der Waals surface area contributed by atoms with Crippen LogP contribution >= 0.6 is 35.6 Å². The molecule has 3 rings (SSSR count). The van der Waals surface area contributed by atoms with E-state index in [-0.39, 0.29) is 18.9 Å². The lowest BCUT2D eigenvalue weighted by Gasteiger charge is -2.13. The van der Waals surface area contributed by atoms with Crippen LogP contribution in [0.3, 0.4) is 0 Å². The summed E-state index contributed by atoms with van der Waals surface area (Å²) in [6, 6.07) is 12.8. The van der Waals surface area contributed by atoms with E-state index in [0.29, 0.717) is 38.8 Å². The standard InChI is InChI=1S/C22H20ClNO5S2/c1-28-18-11-14(8-9-17(18)29-13-15-5-2-3-6-16(15)23)12-19-21(27)24(22(30)31-19)10-4-7-20(25)26/h2-3,5-6,8-9,11-12H,4,7,10,13H2,1H3,(H,25,26). The maximum absolute atomic E-state index is 12.6. The number of hydrogen-bond donors (Lipinski definition) is 1. The zero-order valence-corrected chi connectivity index (χ0v) is 19.1. The van der Waals surface area contributed by atoms with E-state index >= 15 is 0 Å². The van der Waals surface area contributed by atoms with Crippen molar-refractivity contribution in [2.45, 2.75) is 19.4 Å². The minimum Gasteiger partial charge on any atom is -0.493 e. The molecular formula is C22H20ClNO5S2. The van der Waals surface area contributed by atoms with Crippen LogP contribution in [0.1, 0.15) is 24.0 Å². The van der Waals surface area contributed by atoms with Crippen molar-refractivity contribution in [1.29, 1.82) is 0 Å². The number of carboxylic acid groups (broad SMARTS) is 1. The van der Waals surface area contributed by atoms with Gasteiger partial charge in [-0.05, 0) is 36.3 Å². The largest absolute Gasteiger partial charge is 0.493 e. The van der Waals surface area contributed by atoms with Crippen LogP contribution in [0.2, 0.25) is 5.02 Å². The number of aliphatic carboxylic acids is 1. The van der Waals surface area contributed by atoms with Gasteiger partial charge in [0.05, 0.1) is 12.0 Å². The molecule has 1 heterocycles. The highest BCUT2D eigenvalue weighted by Crippen LogP contribution is 2.35. The van der Waals surface area contributed by atoms with Gasteiger partial charge < -0.3 is 14.6 Å². The lowest BCUT2D eigenvalue weighted by atomic mass is 10.1. The number of nitrogens with zero attached hydrogens (tertiary/aromatic N) is 1. The maximum Gasteiger partial charge on any atom is 0.303 e. The number of carbonyl (C=O) groups excluding carboxylic acids is 1. The molecule has 1 N–H and O–H groups in total. The summed E-state index contributed by atoms with van der Waals surface area (Å²) in [6.07, 6.45) is 2.07. The molecule has 0 unspecified atom stereocenters. The molecule has 0 radical (unpaired) electrons. The van der Waals surface area contributed by atoms with Gasteiger partial charge in [-0.25, -0.2) is 0 Å². The smallest absolute Gasteiger partial charge is 0.303 e. The van der Waals surface area contributed by atoms with E-state index in [0.717, 1.165) is 11.1 Å². The quantitative estimate of drug-likeness (QED) is 0.402. The number of rotatable bonds is 9. The molecule has 1 aliphatic rings. The Hall–Kier alpha value is -2.55. The first-order chi connectivity index (χ1) is 14.9. The number of carboxylic acids is 1. The zero-order valence-electron chi connectivity index (χ0n) is 16.7. The second-order valence-corrected chi connectivity index (χ2v) is 8.70. The van der Waals surface area contributed by atoms with Crippen LogP contribution in [-0.2, 0) is 16.2 Å². The molecular weight excluding hydrogens is 458 g/mol. The summed E-state index contributed by atoms with van der Waals surface area (Å²) < 4.78 is 11.7. The van der Waals surface area contributed by atoms with Crippen LogP contribution in [0.25, 0.3) is 6.08 Å². The SMILES string of the molecule is COc1cc(C=C2SC(=S)N(CCCC(=O)O)C2=O)ccc1OCc1ccccc1Cl. The molecule has 9 heteroatoms. The van der Waals surface area contributed by atoms with E-state index in [2.05, 4.69) is 0 Å². The topological polar surface area (TPSA) is 76.1 Å². The Kier molecular flexibility index (Phi) is 7.95. The Morgan fingerprint density at radius 1 is 1.26 bits per heavy atom. The summed E-state index contributed by atoms with van der Waals surface area (Å²) in [5.41, 5.74) is 1.62. The molecule has 2 aromatic rings. The molecule has 0 saturated carbocycles. The van der Waals surface area contributed by atoms with Gasteiger partial charge in [-0.3, -0.25) is 14.5 Å². The van der Waals surface area contributed by atoms with E-state index in [9.17, 15) is 9.59 Å². The van der Waals surface area contributed by atoms with Gasteiger partial charge in [0.1, 0.15) is 10.9 Å². The van der Waals surface area contributed by atoms with Crippen LogP contribution < -0.4 is 9.47 Å². The molecule has 0 aliphatic carbocycles. The van der Waals surface area contributed by atoms with E-state index in [1.807, 2.05) is 24.3 Å². The predicted octanol–water partition coefficient (Wildman–Crippen LogP) is 4.99. The van der Waals surface area contributed by atoms with Crippen molar-refractivity contribution in [2.24, 2.45) is 0 Å². The molecule has 0 atom stereocenters. The maximum atomic E-state index is 12.6. The van der Waals surface area contributed by atoms with E-state index in [4.69, 9.17) is 38.4 Å². The molecule has 2 aromatic carbocycles. The summed E-state index contributed by atoms with van der Waals surface area (Å²) >= 11 is 12.6. The Morgan fingerprint density at radius 2 is 2.03 bits per heavy atom. The van der Waals surface area contributed by atoms with Crippen LogP contribution in [0.5, 0.6) is 11.5 Å². The number of benzene rings is 2. The van der Waals surface area contributed by atoms with Gasteiger partial charge in [-0.1, -0.05) is 59.8 Å². The number of carbonyl (C=O) groups is 2. The highest BCUT2D eigenvalue weighted by Gasteiger charge is 2.31. The minimum absolute atomic E-state index is 0.0110. The Morgan fingerprint density at radius 3 is 2.74 bits per heavy atom. The Bertz CT molecular complexity index is 1040. The van der Waals surface area contributed by atoms with Crippen LogP contribution in [0.15, 0.2) is 47.4 Å². The van der Waals surface area contributed by atoms with Gasteiger partial charge >= 0.3 is 5.97 Å². The second-order valence-electron chi connectivity index (χ2n) is 6.62. The Labute approximate surface area is 194 Å². The lowest BCUT2D eigenvalue weighted by Crippen LogP contribution is -2.29. The number of methoxy groups -OCH3 is 1. The van der Waals surface area contributed by atoms with Crippen molar-refractivity contribution >= 4 is 57.9 Å². The molecule has 0 spiro atoms. The lowest BCUT2D eigenvalue weighted by molar-refractivity contribution is -0.137. The molecule has 1 fully saturated rings. The van der Waals surface area contributed by atoms with Crippen LogP contribution in [-0.4, -0.2) is 39.9 Å². The van der Waals surface area contributed by atoms with Gasteiger partial charge in [0.25, 0.3) is 5.91 Å². The van der Waals surface area contributed by atoms with Crippen molar-refractivity contribution in [3.05, 3.63) is 63.5 Å². The zero-order chi connectivity index (χ0) is 22.4. The van der Waals surface area contributed by atoms with E-state index in [1.165, 1.54) is 16.7 Å². The number of amides is 1. The molecule has 0 aromatic heterocycles. The van der Waals surface area contributed by atoms with Crippen molar-refractivity contribution in [1.82, 2.24) is 4.90 Å². The molecule has 1 saturated heterocycles. The van der Waals surface area contributed by atoms with Crippen LogP contribution in [0, 0.1) is 0 Å². The van der Waals surface area contributed by atoms with Crippen LogP contribution in [0.4, 0.5) is 0 Å². The normalized spacial score (nSPS) is 14.9. The average Bonchev–Trinajstić information content (AvgIpc) is 3.00. The fraction of sp³-hybridized carbons (Fsp3) is 0.227. The van der Waals surface area contributed by atoms with Gasteiger partial charge in [0.15, 0.2) is 11.5 Å². The fourth-order valence-electron chi connectivity index (χ4n) is 2.90. The summed E-state index contributed by atoms with van der Waals surface area (Å²) in [4.78, 5) is 25.3. The molecule has 1 amide bonds. The van der Waals surface area contributed by atoms with Crippen molar-refractivity contribution in [3.63, 3.8) is 0 Å². The number of hydrogen-bond acceptors (Lipinski definition) is 6. The van der Waals surface area contributed by atoms with E-state index < -0.39 is 5.97 Å². The highest BCUT2D eigenvalue weighted by molar-refractivity contribution is 8.26. The first-order valence-corrected chi connectivity index (χ1v) is 11.0. The number of thiocarbonyl (C=S) groups is 1. The predicted molar refractivity (Wildman–Crippen MR) is 126 cm³/mol. The first-order valence-electron chi connectivity index (χ1n) is 9.40. The highest BCUT2D eigenvalue weighted by atomic mass is 35.5. The first kappa shape index (κ1) is 23.1. The Balaban J connectivity index is 1.71. The monoisotopic (exact) mass is 477 g/mol. The second kappa shape index (κ2) is 10.7.